The number of hydrogen-bond acceptors (Lipinski definition) is 6. The van der Waals surface area contributed by atoms with E-state index in [0.29, 0.717) is 33.5 Å². The zero-order valence-corrected chi connectivity index (χ0v) is 22.7. The fraction of sp³-hybridized carbons (Fsp3) is 0.333. The van der Waals surface area contributed by atoms with Gasteiger partial charge in [0.15, 0.2) is 11.5 Å². The third-order valence-corrected chi connectivity index (χ3v) is 7.87. The zero-order valence-electron chi connectivity index (χ0n) is 21.1. The molecule has 0 aromatic heterocycles. The molecule has 0 saturated carbocycles. The molecule has 1 N–H and O–H groups in total. The highest BCUT2D eigenvalue weighted by molar-refractivity contribution is 7.92. The Morgan fingerprint density at radius 2 is 1.61 bits per heavy atom. The zero-order chi connectivity index (χ0) is 26.0. The van der Waals surface area contributed by atoms with Crippen molar-refractivity contribution in [3.05, 3.63) is 64.7 Å². The van der Waals surface area contributed by atoms with Crippen LogP contribution in [0.4, 0.5) is 5.69 Å². The van der Waals surface area contributed by atoms with Crippen LogP contribution in [0.15, 0.2) is 53.4 Å². The summed E-state index contributed by atoms with van der Waals surface area (Å²) in [6, 6.07) is 14.0. The Morgan fingerprint density at radius 3 is 2.22 bits per heavy atom. The lowest BCUT2D eigenvalue weighted by molar-refractivity contribution is 0.208. The van der Waals surface area contributed by atoms with Gasteiger partial charge >= 0.3 is 0 Å². The van der Waals surface area contributed by atoms with Crippen molar-refractivity contribution in [3.63, 3.8) is 0 Å². The molecule has 192 valence electrons. The van der Waals surface area contributed by atoms with E-state index in [1.807, 2.05) is 39.1 Å². The molecule has 36 heavy (non-hydrogen) atoms. The predicted molar refractivity (Wildman–Crippen MR) is 143 cm³/mol. The second-order valence-corrected chi connectivity index (χ2v) is 11.2. The first kappa shape index (κ1) is 26.1. The van der Waals surface area contributed by atoms with Gasteiger partial charge in [0.25, 0.3) is 10.0 Å². The van der Waals surface area contributed by atoms with E-state index < -0.39 is 10.0 Å². The SMILES string of the molecule is COc1cc(-c2cc(C)cc(C)c2)c(S(=O)(=O)Nc2ccc(Cl)c(O[C@@H]3CCN(C)C3)c2)cc1OC. The number of aryl methyl sites for hydroxylation is 2. The maximum atomic E-state index is 13.7. The van der Waals surface area contributed by atoms with E-state index >= 15 is 0 Å². The fourth-order valence-electron chi connectivity index (χ4n) is 4.48. The molecule has 9 heteroatoms. The van der Waals surface area contributed by atoms with Gasteiger partial charge in [0.05, 0.1) is 29.8 Å². The number of halogens is 1. The number of ether oxygens (including phenoxy) is 3. The van der Waals surface area contributed by atoms with Gasteiger partial charge in [0.1, 0.15) is 11.9 Å². The smallest absolute Gasteiger partial charge is 0.262 e. The number of anilines is 1. The average molecular weight is 531 g/mol. The highest BCUT2D eigenvalue weighted by Gasteiger charge is 2.25. The third kappa shape index (κ3) is 5.72. The molecule has 0 amide bonds. The highest BCUT2D eigenvalue weighted by Crippen LogP contribution is 2.39. The predicted octanol–water partition coefficient (Wildman–Crippen LogP) is 5.52. The van der Waals surface area contributed by atoms with E-state index in [-0.39, 0.29) is 11.0 Å². The molecule has 1 atom stereocenters. The maximum Gasteiger partial charge on any atom is 0.262 e. The van der Waals surface area contributed by atoms with Gasteiger partial charge in [-0.3, -0.25) is 4.72 Å². The number of likely N-dealkylation sites (N-methyl/N-ethyl adjacent to an activating group) is 1. The number of benzene rings is 3. The van der Waals surface area contributed by atoms with Crippen LogP contribution in [0.1, 0.15) is 17.5 Å². The highest BCUT2D eigenvalue weighted by atomic mass is 35.5. The van der Waals surface area contributed by atoms with Crippen LogP contribution < -0.4 is 18.9 Å². The van der Waals surface area contributed by atoms with Gasteiger partial charge in [0.2, 0.25) is 0 Å². The summed E-state index contributed by atoms with van der Waals surface area (Å²) in [6.45, 7) is 5.67. The number of nitrogens with one attached hydrogen (secondary N) is 1. The van der Waals surface area contributed by atoms with Crippen LogP contribution in [0.3, 0.4) is 0 Å². The Labute approximate surface area is 218 Å². The van der Waals surface area contributed by atoms with E-state index in [0.717, 1.165) is 36.2 Å². The van der Waals surface area contributed by atoms with E-state index in [1.165, 1.54) is 20.3 Å². The molecule has 1 heterocycles. The van der Waals surface area contributed by atoms with Crippen LogP contribution in [-0.4, -0.2) is 53.8 Å². The largest absolute Gasteiger partial charge is 0.493 e. The quantitative estimate of drug-likeness (QED) is 0.413. The molecular formula is C27H31ClN2O5S. The van der Waals surface area contributed by atoms with Gasteiger partial charge < -0.3 is 19.1 Å². The molecule has 1 aliphatic rings. The lowest BCUT2D eigenvalue weighted by Gasteiger charge is -2.18. The Hall–Kier alpha value is -2.94. The molecule has 3 aromatic carbocycles. The molecular weight excluding hydrogens is 500 g/mol. The summed E-state index contributed by atoms with van der Waals surface area (Å²) >= 11 is 6.36. The minimum absolute atomic E-state index is 0.00127. The molecule has 0 bridgehead atoms. The van der Waals surface area contributed by atoms with Crippen molar-refractivity contribution in [1.82, 2.24) is 4.90 Å². The van der Waals surface area contributed by atoms with Gasteiger partial charge in [-0.1, -0.05) is 40.9 Å². The molecule has 0 radical (unpaired) electrons. The maximum absolute atomic E-state index is 13.7. The molecule has 3 aromatic rings. The van der Waals surface area contributed by atoms with Crippen molar-refractivity contribution in [2.24, 2.45) is 0 Å². The van der Waals surface area contributed by atoms with Crippen LogP contribution in [0.25, 0.3) is 11.1 Å². The van der Waals surface area contributed by atoms with Crippen molar-refractivity contribution < 1.29 is 22.6 Å². The monoisotopic (exact) mass is 530 g/mol. The first-order valence-electron chi connectivity index (χ1n) is 11.6. The molecule has 4 rings (SSSR count). The molecule has 0 spiro atoms. The van der Waals surface area contributed by atoms with E-state index in [4.69, 9.17) is 25.8 Å². The first-order valence-corrected chi connectivity index (χ1v) is 13.5. The molecule has 0 unspecified atom stereocenters. The Kier molecular flexibility index (Phi) is 7.68. The summed E-state index contributed by atoms with van der Waals surface area (Å²) < 4.78 is 47.1. The van der Waals surface area contributed by atoms with Crippen molar-refractivity contribution in [2.75, 3.05) is 39.1 Å². The van der Waals surface area contributed by atoms with Crippen molar-refractivity contribution in [1.29, 1.82) is 0 Å². The number of rotatable bonds is 8. The lowest BCUT2D eigenvalue weighted by atomic mass is 10.0. The number of likely N-dealkylation sites (tertiary alicyclic amines) is 1. The summed E-state index contributed by atoms with van der Waals surface area (Å²) in [5.74, 6) is 1.20. The van der Waals surface area contributed by atoms with Gasteiger partial charge in [-0.05, 0) is 51.1 Å². The van der Waals surface area contributed by atoms with Gasteiger partial charge in [-0.2, -0.15) is 0 Å². The van der Waals surface area contributed by atoms with Crippen LogP contribution in [-0.2, 0) is 10.0 Å². The van der Waals surface area contributed by atoms with Crippen molar-refractivity contribution >= 4 is 27.3 Å². The number of methoxy groups -OCH3 is 2. The molecule has 0 aliphatic carbocycles. The number of sulfonamides is 1. The van der Waals surface area contributed by atoms with Crippen LogP contribution in [0.2, 0.25) is 5.02 Å². The number of nitrogens with zero attached hydrogens (tertiary/aromatic N) is 1. The van der Waals surface area contributed by atoms with Crippen molar-refractivity contribution in [2.45, 2.75) is 31.3 Å². The van der Waals surface area contributed by atoms with Crippen LogP contribution in [0, 0.1) is 13.8 Å². The number of hydrogen-bond donors (Lipinski definition) is 1. The van der Waals surface area contributed by atoms with E-state index in [1.54, 1.807) is 24.3 Å². The minimum atomic E-state index is -4.03. The summed E-state index contributed by atoms with van der Waals surface area (Å²) in [7, 11) is 0.995. The summed E-state index contributed by atoms with van der Waals surface area (Å²) in [6.07, 6.45) is 0.884. The van der Waals surface area contributed by atoms with Crippen molar-refractivity contribution in [3.8, 4) is 28.4 Å². The van der Waals surface area contributed by atoms with Gasteiger partial charge in [-0.15, -0.1) is 0 Å². The Bertz CT molecular complexity index is 1360. The summed E-state index contributed by atoms with van der Waals surface area (Å²) in [5, 5.41) is 0.426. The van der Waals surface area contributed by atoms with Gasteiger partial charge in [-0.25, -0.2) is 8.42 Å². The second kappa shape index (κ2) is 10.6. The normalized spacial score (nSPS) is 16.1. The fourth-order valence-corrected chi connectivity index (χ4v) is 5.91. The Balaban J connectivity index is 1.74. The molecule has 1 fully saturated rings. The summed E-state index contributed by atoms with van der Waals surface area (Å²) in [4.78, 5) is 2.25. The first-order chi connectivity index (χ1) is 17.1. The molecule has 7 nitrogen and oxygen atoms in total. The molecule has 1 saturated heterocycles. The van der Waals surface area contributed by atoms with Crippen LogP contribution in [0.5, 0.6) is 17.2 Å². The second-order valence-electron chi connectivity index (χ2n) is 9.12. The molecule has 1 aliphatic heterocycles. The van der Waals surface area contributed by atoms with E-state index in [2.05, 4.69) is 9.62 Å². The standard InChI is InChI=1S/C27H31ClN2O5S/c1-17-10-18(2)12-19(11-17)22-14-25(33-4)26(34-5)15-27(22)36(31,32)29-20-6-7-23(28)24(13-20)35-21-8-9-30(3)16-21/h6-7,10-15,21,29H,8-9,16H2,1-5H3/t21-/m1/s1. The van der Waals surface area contributed by atoms with Crippen LogP contribution >= 0.6 is 11.6 Å². The third-order valence-electron chi connectivity index (χ3n) is 6.13. The van der Waals surface area contributed by atoms with E-state index in [9.17, 15) is 8.42 Å². The lowest BCUT2D eigenvalue weighted by Crippen LogP contribution is -2.21. The minimum Gasteiger partial charge on any atom is -0.493 e. The average Bonchev–Trinajstić information content (AvgIpc) is 3.23. The topological polar surface area (TPSA) is 77.1 Å². The summed E-state index contributed by atoms with van der Waals surface area (Å²) in [5.41, 5.74) is 3.66. The Morgan fingerprint density at radius 1 is 0.944 bits per heavy atom. The van der Waals surface area contributed by atoms with Gasteiger partial charge in [0, 0.05) is 30.8 Å².